The highest BCUT2D eigenvalue weighted by Crippen LogP contribution is 2.51. The van der Waals surface area contributed by atoms with Gasteiger partial charge >= 0.3 is 23.9 Å². The molecule has 0 N–H and O–H groups in total. The number of epoxide rings is 2. The highest BCUT2D eigenvalue weighted by Gasteiger charge is 2.65. The van der Waals surface area contributed by atoms with Gasteiger partial charge in [-0.15, -0.1) is 0 Å². The van der Waals surface area contributed by atoms with Crippen LogP contribution in [-0.2, 0) is 47.6 Å². The van der Waals surface area contributed by atoms with Gasteiger partial charge < -0.3 is 28.4 Å². The zero-order valence-electron chi connectivity index (χ0n) is 19.2. The lowest BCUT2D eigenvalue weighted by Crippen LogP contribution is -2.47. The Morgan fingerprint density at radius 2 is 1.88 bits per heavy atom. The van der Waals surface area contributed by atoms with Gasteiger partial charge in [-0.05, 0) is 26.7 Å². The van der Waals surface area contributed by atoms with Gasteiger partial charge in [0.25, 0.3) is 0 Å². The van der Waals surface area contributed by atoms with Crippen LogP contribution in [-0.4, -0.2) is 66.8 Å². The lowest BCUT2D eigenvalue weighted by Gasteiger charge is -2.33. The summed E-state index contributed by atoms with van der Waals surface area (Å²) in [7, 11) is 1.18. The minimum atomic E-state index is -1.41. The number of allylic oxidation sites excluding steroid dienone is 1. The number of carbonyl (C=O) groups is 4. The first kappa shape index (κ1) is 23.4. The SMILES string of the molecule is C=C1C(=O)O[C@H]2[C@H]1C(OC(C)=O)[C@H](C(=O)OC1(C)OC1C)/C(C(=O)OC)=C\CC[C@]1(C)O[C@@H]21. The van der Waals surface area contributed by atoms with E-state index in [2.05, 4.69) is 6.58 Å². The topological polar surface area (TPSA) is 130 Å². The van der Waals surface area contributed by atoms with Crippen LogP contribution >= 0.6 is 0 Å². The minimum absolute atomic E-state index is 0.0222. The summed E-state index contributed by atoms with van der Waals surface area (Å²) in [5, 5.41) is 0. The molecule has 0 aromatic rings. The van der Waals surface area contributed by atoms with E-state index in [0.29, 0.717) is 12.8 Å². The zero-order chi connectivity index (χ0) is 24.3. The van der Waals surface area contributed by atoms with Crippen molar-refractivity contribution in [1.29, 1.82) is 0 Å². The predicted octanol–water partition coefficient (Wildman–Crippen LogP) is 1.36. The van der Waals surface area contributed by atoms with Crippen molar-refractivity contribution in [2.45, 2.75) is 76.3 Å². The number of rotatable bonds is 4. The molecule has 33 heavy (non-hydrogen) atoms. The molecule has 3 aliphatic heterocycles. The summed E-state index contributed by atoms with van der Waals surface area (Å²) in [5.41, 5.74) is -0.627. The number of hydrogen-bond acceptors (Lipinski definition) is 10. The molecule has 0 radical (unpaired) electrons. The molecule has 0 aromatic heterocycles. The van der Waals surface area contributed by atoms with E-state index in [1.54, 1.807) is 19.9 Å². The molecule has 3 heterocycles. The standard InChI is InChI=1S/C23H28O10/c1-10-14-16(29-12(3)24)15(21(27)33-23(5)11(2)31-23)13(20(26)28-6)8-7-9-22(4)18(32-22)17(14)30-19(10)25/h8,11,14-18H,1,7,9H2,2-6H3/b13-8+/t11?,14-,15-,16?,17+,18+,22+,23?/m1/s1. The van der Waals surface area contributed by atoms with Crippen LogP contribution in [0.5, 0.6) is 0 Å². The maximum absolute atomic E-state index is 13.5. The van der Waals surface area contributed by atoms with Gasteiger partial charge in [0.05, 0.1) is 24.2 Å². The van der Waals surface area contributed by atoms with Crippen molar-refractivity contribution in [1.82, 2.24) is 0 Å². The predicted molar refractivity (Wildman–Crippen MR) is 109 cm³/mol. The molecular weight excluding hydrogens is 436 g/mol. The molecule has 4 rings (SSSR count). The summed E-state index contributed by atoms with van der Waals surface area (Å²) in [6, 6.07) is 0. The summed E-state index contributed by atoms with van der Waals surface area (Å²) < 4.78 is 32.9. The minimum Gasteiger partial charge on any atom is -0.466 e. The first-order valence-corrected chi connectivity index (χ1v) is 10.9. The molecule has 3 unspecified atom stereocenters. The third kappa shape index (κ3) is 4.06. The highest BCUT2D eigenvalue weighted by molar-refractivity contribution is 5.97. The normalized spacial score (nSPS) is 43.1. The maximum atomic E-state index is 13.5. The molecule has 4 aliphatic rings. The van der Waals surface area contributed by atoms with Crippen molar-refractivity contribution in [3.63, 3.8) is 0 Å². The van der Waals surface area contributed by atoms with E-state index in [4.69, 9.17) is 28.4 Å². The molecule has 3 saturated heterocycles. The Bertz CT molecular complexity index is 953. The molecule has 10 nitrogen and oxygen atoms in total. The van der Waals surface area contributed by atoms with Gasteiger partial charge in [-0.3, -0.25) is 9.59 Å². The van der Waals surface area contributed by atoms with Crippen LogP contribution in [0.3, 0.4) is 0 Å². The first-order chi connectivity index (χ1) is 15.4. The van der Waals surface area contributed by atoms with Crippen LogP contribution < -0.4 is 0 Å². The van der Waals surface area contributed by atoms with Crippen LogP contribution in [0.15, 0.2) is 23.8 Å². The quantitative estimate of drug-likeness (QED) is 0.260. The fourth-order valence-electron chi connectivity index (χ4n) is 4.75. The smallest absolute Gasteiger partial charge is 0.334 e. The van der Waals surface area contributed by atoms with E-state index in [0.717, 1.165) is 0 Å². The molecule has 0 saturated carbocycles. The Hall–Kier alpha value is -2.72. The average molecular weight is 464 g/mol. The zero-order valence-corrected chi connectivity index (χ0v) is 19.2. The Labute approximate surface area is 191 Å². The van der Waals surface area contributed by atoms with Crippen LogP contribution in [0.4, 0.5) is 0 Å². The fourth-order valence-corrected chi connectivity index (χ4v) is 4.75. The Morgan fingerprint density at radius 3 is 2.45 bits per heavy atom. The van der Waals surface area contributed by atoms with Crippen molar-refractivity contribution in [2.75, 3.05) is 7.11 Å². The van der Waals surface area contributed by atoms with E-state index in [1.807, 2.05) is 6.92 Å². The van der Waals surface area contributed by atoms with E-state index < -0.39 is 65.4 Å². The number of hydrogen-bond donors (Lipinski definition) is 0. The molecule has 0 bridgehead atoms. The molecule has 180 valence electrons. The van der Waals surface area contributed by atoms with Gasteiger partial charge in [0, 0.05) is 19.4 Å². The van der Waals surface area contributed by atoms with Gasteiger partial charge in [-0.2, -0.15) is 0 Å². The second-order valence-electron chi connectivity index (χ2n) is 9.21. The number of ether oxygens (including phenoxy) is 6. The van der Waals surface area contributed by atoms with E-state index in [1.165, 1.54) is 14.0 Å². The van der Waals surface area contributed by atoms with Gasteiger partial charge in [-0.25, -0.2) is 9.59 Å². The van der Waals surface area contributed by atoms with Crippen molar-refractivity contribution < 1.29 is 47.6 Å². The Morgan fingerprint density at radius 1 is 1.21 bits per heavy atom. The largest absolute Gasteiger partial charge is 0.466 e. The van der Waals surface area contributed by atoms with Crippen molar-refractivity contribution >= 4 is 23.9 Å². The molecule has 10 heteroatoms. The highest BCUT2D eigenvalue weighted by atomic mass is 16.8. The first-order valence-electron chi connectivity index (χ1n) is 10.9. The van der Waals surface area contributed by atoms with Crippen molar-refractivity contribution in [3.8, 4) is 0 Å². The van der Waals surface area contributed by atoms with Crippen molar-refractivity contribution in [3.05, 3.63) is 23.8 Å². The maximum Gasteiger partial charge on any atom is 0.334 e. The van der Waals surface area contributed by atoms with Gasteiger partial charge in [0.15, 0.2) is 0 Å². The summed E-state index contributed by atoms with van der Waals surface area (Å²) >= 11 is 0. The molecule has 0 spiro atoms. The van der Waals surface area contributed by atoms with Crippen LogP contribution in [0.2, 0.25) is 0 Å². The third-order valence-corrected chi connectivity index (χ3v) is 6.90. The van der Waals surface area contributed by atoms with Crippen LogP contribution in [0.25, 0.3) is 0 Å². The summed E-state index contributed by atoms with van der Waals surface area (Å²) in [5.74, 6) is -6.55. The molecule has 8 atom stereocenters. The molecule has 0 amide bonds. The van der Waals surface area contributed by atoms with E-state index in [9.17, 15) is 19.2 Å². The average Bonchev–Trinajstić information content (AvgIpc) is 3.53. The number of methoxy groups -OCH3 is 1. The second-order valence-corrected chi connectivity index (χ2v) is 9.21. The molecule has 0 aromatic carbocycles. The number of carbonyl (C=O) groups excluding carboxylic acids is 4. The van der Waals surface area contributed by atoms with E-state index in [-0.39, 0.29) is 17.3 Å². The molecule has 1 aliphatic carbocycles. The van der Waals surface area contributed by atoms with Crippen LogP contribution in [0, 0.1) is 11.8 Å². The van der Waals surface area contributed by atoms with Gasteiger partial charge in [0.1, 0.15) is 30.3 Å². The van der Waals surface area contributed by atoms with Crippen LogP contribution in [0.1, 0.15) is 40.5 Å². The fraction of sp³-hybridized carbons (Fsp3) is 0.652. The monoisotopic (exact) mass is 464 g/mol. The Balaban J connectivity index is 1.83. The lowest BCUT2D eigenvalue weighted by molar-refractivity contribution is -0.173. The summed E-state index contributed by atoms with van der Waals surface area (Å²) in [6.45, 7) is 10.2. The van der Waals surface area contributed by atoms with Gasteiger partial charge in [0.2, 0.25) is 5.79 Å². The third-order valence-electron chi connectivity index (χ3n) is 6.90. The van der Waals surface area contributed by atoms with Crippen molar-refractivity contribution in [2.24, 2.45) is 11.8 Å². The molecular formula is C23H28O10. The number of fused-ring (bicyclic) bond motifs is 3. The number of esters is 4. The lowest BCUT2D eigenvalue weighted by atomic mass is 9.76. The second kappa shape index (κ2) is 7.95. The van der Waals surface area contributed by atoms with E-state index >= 15 is 0 Å². The summed E-state index contributed by atoms with van der Waals surface area (Å²) in [6.07, 6.45) is -0.560. The molecule has 3 fully saturated rings. The van der Waals surface area contributed by atoms with Gasteiger partial charge in [-0.1, -0.05) is 12.7 Å². The summed E-state index contributed by atoms with van der Waals surface area (Å²) in [4.78, 5) is 50.9. The Kier molecular flexibility index (Phi) is 5.65.